The van der Waals surface area contributed by atoms with Gasteiger partial charge in [-0.1, -0.05) is 0 Å². The largest absolute Gasteiger partial charge is 0.459 e. The van der Waals surface area contributed by atoms with Crippen LogP contribution in [-0.4, -0.2) is 47.1 Å². The molecule has 0 saturated heterocycles. The number of ether oxygens (including phenoxy) is 2. The normalized spacial score (nSPS) is 13.6. The summed E-state index contributed by atoms with van der Waals surface area (Å²) in [4.78, 5) is 29.5. The molecule has 1 aromatic heterocycles. The lowest BCUT2D eigenvalue weighted by atomic mass is 10.2. The highest BCUT2D eigenvalue weighted by Gasteiger charge is 2.44. The number of aromatic nitrogens is 1. The van der Waals surface area contributed by atoms with E-state index in [0.29, 0.717) is 10.0 Å². The average Bonchev–Trinajstić information content (AvgIpc) is 2.96. The maximum atomic E-state index is 13.3. The predicted molar refractivity (Wildman–Crippen MR) is 116 cm³/mol. The van der Waals surface area contributed by atoms with Crippen LogP contribution in [0.5, 0.6) is 0 Å². The SMILES string of the molecule is CCOP(=O)(OCC)C(Cc1cnc(NC(=O)OC(C)(C)C)s1)C(=O)OC(C)(C)C. The molecule has 1 amide bonds. The number of carbonyl (C=O) groups is 2. The lowest BCUT2D eigenvalue weighted by molar-refractivity contribution is -0.154. The highest BCUT2D eigenvalue weighted by Crippen LogP contribution is 2.55. The van der Waals surface area contributed by atoms with Crippen molar-refractivity contribution in [2.75, 3.05) is 18.5 Å². The minimum absolute atomic E-state index is 0.0276. The lowest BCUT2D eigenvalue weighted by Gasteiger charge is -2.28. The minimum atomic E-state index is -3.79. The zero-order valence-electron chi connectivity index (χ0n) is 18.9. The van der Waals surface area contributed by atoms with E-state index in [1.54, 1.807) is 55.4 Å². The van der Waals surface area contributed by atoms with Crippen molar-refractivity contribution >= 4 is 36.1 Å². The Balaban J connectivity index is 3.07. The van der Waals surface area contributed by atoms with Crippen LogP contribution in [0.1, 0.15) is 60.3 Å². The van der Waals surface area contributed by atoms with Gasteiger partial charge in [-0.05, 0) is 55.4 Å². The maximum Gasteiger partial charge on any atom is 0.413 e. The summed E-state index contributed by atoms with van der Waals surface area (Å²) < 4.78 is 34.8. The van der Waals surface area contributed by atoms with E-state index in [-0.39, 0.29) is 19.6 Å². The van der Waals surface area contributed by atoms with Crippen LogP contribution in [0.15, 0.2) is 6.20 Å². The second-order valence-corrected chi connectivity index (χ2v) is 11.7. The number of hydrogen-bond donors (Lipinski definition) is 1. The van der Waals surface area contributed by atoms with Crippen LogP contribution in [0.25, 0.3) is 0 Å². The molecule has 1 aromatic rings. The first-order chi connectivity index (χ1) is 13.7. The number of rotatable bonds is 9. The van der Waals surface area contributed by atoms with E-state index in [1.807, 2.05) is 0 Å². The van der Waals surface area contributed by atoms with Gasteiger partial charge in [-0.3, -0.25) is 14.7 Å². The second-order valence-electron chi connectivity index (χ2n) is 8.39. The van der Waals surface area contributed by atoms with E-state index < -0.39 is 36.5 Å². The van der Waals surface area contributed by atoms with Gasteiger partial charge in [-0.25, -0.2) is 9.78 Å². The van der Waals surface area contributed by atoms with Gasteiger partial charge in [0.1, 0.15) is 11.2 Å². The van der Waals surface area contributed by atoms with Gasteiger partial charge in [0, 0.05) is 17.5 Å². The van der Waals surface area contributed by atoms with Crippen LogP contribution in [0.4, 0.5) is 9.93 Å². The fourth-order valence-corrected chi connectivity index (χ4v) is 5.16. The first kappa shape index (κ1) is 26.6. The third kappa shape index (κ3) is 9.12. The maximum absolute atomic E-state index is 13.3. The number of nitrogens with one attached hydrogen (secondary N) is 1. The topological polar surface area (TPSA) is 113 Å². The predicted octanol–water partition coefficient (Wildman–Crippen LogP) is 5.01. The number of esters is 1. The number of carbonyl (C=O) groups excluding carboxylic acids is 2. The van der Waals surface area contributed by atoms with Crippen LogP contribution in [0.2, 0.25) is 0 Å². The lowest BCUT2D eigenvalue weighted by Crippen LogP contribution is -2.34. The van der Waals surface area contributed by atoms with Crippen LogP contribution < -0.4 is 5.32 Å². The standard InChI is InChI=1S/C19H33N2O7PS/c1-9-25-29(24,26-10-2)14(15(22)27-18(3,4)5)11-13-12-20-16(30-13)21-17(23)28-19(6,7)8/h12,14H,9-11H2,1-8H3,(H,20,21,23). The second kappa shape index (κ2) is 10.7. The Hall–Kier alpha value is -1.48. The van der Waals surface area contributed by atoms with Crippen molar-refractivity contribution in [3.63, 3.8) is 0 Å². The van der Waals surface area contributed by atoms with E-state index in [0.717, 1.165) is 11.3 Å². The zero-order valence-corrected chi connectivity index (χ0v) is 20.6. The molecule has 0 aliphatic carbocycles. The van der Waals surface area contributed by atoms with Crippen molar-refractivity contribution < 1.29 is 32.7 Å². The zero-order chi connectivity index (χ0) is 23.2. The van der Waals surface area contributed by atoms with Crippen molar-refractivity contribution in [3.8, 4) is 0 Å². The third-order valence-corrected chi connectivity index (χ3v) is 6.56. The van der Waals surface area contributed by atoms with Crippen molar-refractivity contribution in [3.05, 3.63) is 11.1 Å². The summed E-state index contributed by atoms with van der Waals surface area (Å²) >= 11 is 1.14. The summed E-state index contributed by atoms with van der Waals surface area (Å²) in [6.45, 7) is 14.0. The molecule has 0 aliphatic rings. The molecule has 0 saturated carbocycles. The average molecular weight is 465 g/mol. The Morgan fingerprint density at radius 2 is 1.60 bits per heavy atom. The molecule has 1 unspecified atom stereocenters. The Labute approximate surface area is 182 Å². The summed E-state index contributed by atoms with van der Waals surface area (Å²) in [5.74, 6) is -0.678. The molecule has 0 spiro atoms. The Morgan fingerprint density at radius 1 is 1.07 bits per heavy atom. The molecular formula is C19H33N2O7PS. The molecule has 1 rings (SSSR count). The Kier molecular flexibility index (Phi) is 9.48. The number of hydrogen-bond acceptors (Lipinski definition) is 9. The molecule has 172 valence electrons. The highest BCUT2D eigenvalue weighted by molar-refractivity contribution is 7.55. The van der Waals surface area contributed by atoms with Crippen LogP contribution in [0, 0.1) is 0 Å². The Bertz CT molecular complexity index is 758. The van der Waals surface area contributed by atoms with Gasteiger partial charge in [0.15, 0.2) is 10.8 Å². The molecular weight excluding hydrogens is 431 g/mol. The quantitative estimate of drug-likeness (QED) is 0.401. The van der Waals surface area contributed by atoms with Crippen LogP contribution in [-0.2, 0) is 34.3 Å². The number of anilines is 1. The fraction of sp³-hybridized carbons (Fsp3) is 0.737. The van der Waals surface area contributed by atoms with E-state index in [2.05, 4.69) is 10.3 Å². The summed E-state index contributed by atoms with van der Waals surface area (Å²) in [5.41, 5.74) is -2.57. The van der Waals surface area contributed by atoms with Gasteiger partial charge in [0.2, 0.25) is 0 Å². The smallest absolute Gasteiger partial charge is 0.413 e. The van der Waals surface area contributed by atoms with Crippen molar-refractivity contribution in [1.82, 2.24) is 4.98 Å². The molecule has 1 atom stereocenters. The molecule has 1 heterocycles. The molecule has 0 aliphatic heterocycles. The van der Waals surface area contributed by atoms with Crippen molar-refractivity contribution in [2.45, 2.75) is 78.7 Å². The van der Waals surface area contributed by atoms with Gasteiger partial charge < -0.3 is 18.5 Å². The summed E-state index contributed by atoms with van der Waals surface area (Å²) in [7, 11) is -3.79. The molecule has 9 nitrogen and oxygen atoms in total. The third-order valence-electron chi connectivity index (χ3n) is 3.23. The van der Waals surface area contributed by atoms with Gasteiger partial charge in [-0.15, -0.1) is 11.3 Å². The van der Waals surface area contributed by atoms with E-state index in [9.17, 15) is 14.2 Å². The molecule has 0 radical (unpaired) electrons. The molecule has 1 N–H and O–H groups in total. The van der Waals surface area contributed by atoms with Gasteiger partial charge in [-0.2, -0.15) is 0 Å². The number of thiazole rings is 1. The van der Waals surface area contributed by atoms with Gasteiger partial charge in [0.25, 0.3) is 0 Å². The van der Waals surface area contributed by atoms with Crippen LogP contribution in [0.3, 0.4) is 0 Å². The van der Waals surface area contributed by atoms with E-state index in [4.69, 9.17) is 18.5 Å². The van der Waals surface area contributed by atoms with Gasteiger partial charge >= 0.3 is 19.7 Å². The first-order valence-electron chi connectivity index (χ1n) is 9.75. The van der Waals surface area contributed by atoms with E-state index in [1.165, 1.54) is 6.20 Å². The highest BCUT2D eigenvalue weighted by atomic mass is 32.1. The summed E-state index contributed by atoms with van der Waals surface area (Å²) in [6, 6.07) is 0. The summed E-state index contributed by atoms with van der Waals surface area (Å²) in [5, 5.41) is 2.84. The number of amides is 1. The molecule has 0 bridgehead atoms. The molecule has 0 aromatic carbocycles. The fourth-order valence-electron chi connectivity index (χ4n) is 2.31. The monoisotopic (exact) mass is 464 g/mol. The molecule has 30 heavy (non-hydrogen) atoms. The van der Waals surface area contributed by atoms with Gasteiger partial charge in [0.05, 0.1) is 13.2 Å². The Morgan fingerprint density at radius 3 is 2.07 bits per heavy atom. The molecule has 11 heteroatoms. The minimum Gasteiger partial charge on any atom is -0.459 e. The van der Waals surface area contributed by atoms with Crippen LogP contribution >= 0.6 is 18.9 Å². The van der Waals surface area contributed by atoms with E-state index >= 15 is 0 Å². The molecule has 0 fully saturated rings. The first-order valence-corrected chi connectivity index (χ1v) is 12.2. The van der Waals surface area contributed by atoms with Crippen molar-refractivity contribution in [2.24, 2.45) is 0 Å². The van der Waals surface area contributed by atoms with Crippen molar-refractivity contribution in [1.29, 1.82) is 0 Å². The summed E-state index contributed by atoms with van der Waals surface area (Å²) in [6.07, 6.45) is 0.887. The number of nitrogens with zero attached hydrogens (tertiary/aromatic N) is 1.